The number of benzene rings is 1. The summed E-state index contributed by atoms with van der Waals surface area (Å²) in [4.78, 5) is 4.03. The van der Waals surface area contributed by atoms with Gasteiger partial charge in [-0.05, 0) is 18.2 Å². The second-order valence-electron chi connectivity index (χ2n) is 2.70. The molecule has 0 aliphatic heterocycles. The summed E-state index contributed by atoms with van der Waals surface area (Å²) in [5.41, 5.74) is 0. The Labute approximate surface area is 87.1 Å². The van der Waals surface area contributed by atoms with Crippen LogP contribution >= 0.6 is 11.6 Å². The monoisotopic (exact) mass is 205 g/mol. The molecule has 0 amide bonds. The van der Waals surface area contributed by atoms with E-state index in [1.807, 2.05) is 24.3 Å². The van der Waals surface area contributed by atoms with Gasteiger partial charge < -0.3 is 4.74 Å². The summed E-state index contributed by atoms with van der Waals surface area (Å²) in [6.07, 6.45) is 1.67. The number of ether oxygens (including phenoxy) is 1. The lowest BCUT2D eigenvalue weighted by Crippen LogP contribution is -1.86. The maximum absolute atomic E-state index is 5.92. The number of halogens is 1. The summed E-state index contributed by atoms with van der Waals surface area (Å²) in [6, 6.07) is 12.8. The molecule has 0 saturated heterocycles. The first kappa shape index (κ1) is 9.03. The molecule has 2 aromatic rings. The summed E-state index contributed by atoms with van der Waals surface area (Å²) in [5, 5.41) is 0.582. The third-order valence-electron chi connectivity index (χ3n) is 1.69. The average molecular weight is 206 g/mol. The van der Waals surface area contributed by atoms with Gasteiger partial charge in [-0.15, -0.1) is 0 Å². The molecule has 1 aromatic heterocycles. The van der Waals surface area contributed by atoms with Gasteiger partial charge in [0.05, 0.1) is 5.02 Å². The minimum atomic E-state index is 0.542. The van der Waals surface area contributed by atoms with E-state index in [2.05, 4.69) is 4.98 Å². The number of pyridine rings is 1. The van der Waals surface area contributed by atoms with Crippen LogP contribution in [-0.4, -0.2) is 4.98 Å². The molecule has 14 heavy (non-hydrogen) atoms. The van der Waals surface area contributed by atoms with Crippen molar-refractivity contribution in [3.8, 4) is 11.6 Å². The van der Waals surface area contributed by atoms with Crippen LogP contribution in [0.4, 0.5) is 0 Å². The highest BCUT2D eigenvalue weighted by Gasteiger charge is 2.00. The summed E-state index contributed by atoms with van der Waals surface area (Å²) in [6.45, 7) is 0. The Hall–Kier alpha value is -1.54. The van der Waals surface area contributed by atoms with E-state index in [0.717, 1.165) is 0 Å². The summed E-state index contributed by atoms with van der Waals surface area (Å²) < 4.78 is 5.47. The van der Waals surface area contributed by atoms with Crippen molar-refractivity contribution >= 4 is 11.6 Å². The second-order valence-corrected chi connectivity index (χ2v) is 3.11. The SMILES string of the molecule is Clc1ccccc1Oc1ccccn1. The van der Waals surface area contributed by atoms with Gasteiger partial charge in [0.1, 0.15) is 5.75 Å². The number of nitrogens with zero attached hydrogens (tertiary/aromatic N) is 1. The Kier molecular flexibility index (Phi) is 2.65. The summed E-state index contributed by atoms with van der Waals surface area (Å²) in [5.74, 6) is 1.16. The van der Waals surface area contributed by atoms with E-state index in [-0.39, 0.29) is 0 Å². The highest BCUT2D eigenvalue weighted by atomic mass is 35.5. The van der Waals surface area contributed by atoms with Gasteiger partial charge in [0.2, 0.25) is 5.88 Å². The van der Waals surface area contributed by atoms with Gasteiger partial charge in [-0.25, -0.2) is 4.98 Å². The molecule has 0 bridgehead atoms. The van der Waals surface area contributed by atoms with Gasteiger partial charge >= 0.3 is 0 Å². The maximum atomic E-state index is 5.92. The Balaban J connectivity index is 2.24. The van der Waals surface area contributed by atoms with Crippen molar-refractivity contribution < 1.29 is 4.74 Å². The Morgan fingerprint density at radius 1 is 1.00 bits per heavy atom. The number of aromatic nitrogens is 1. The maximum Gasteiger partial charge on any atom is 0.219 e. The van der Waals surface area contributed by atoms with Crippen molar-refractivity contribution in [2.45, 2.75) is 0 Å². The lowest BCUT2D eigenvalue weighted by atomic mass is 10.3. The van der Waals surface area contributed by atoms with E-state index in [1.54, 1.807) is 24.4 Å². The Bertz CT molecular complexity index is 417. The molecule has 2 rings (SSSR count). The molecular weight excluding hydrogens is 198 g/mol. The molecule has 0 radical (unpaired) electrons. The van der Waals surface area contributed by atoms with Gasteiger partial charge in [-0.1, -0.05) is 29.8 Å². The normalized spacial score (nSPS) is 9.79. The van der Waals surface area contributed by atoms with Crippen molar-refractivity contribution in [3.05, 3.63) is 53.7 Å². The molecule has 1 heterocycles. The van der Waals surface area contributed by atoms with Crippen LogP contribution in [0.25, 0.3) is 0 Å². The largest absolute Gasteiger partial charge is 0.437 e. The third-order valence-corrected chi connectivity index (χ3v) is 2.00. The topological polar surface area (TPSA) is 22.1 Å². The molecule has 0 spiro atoms. The zero-order valence-corrected chi connectivity index (χ0v) is 8.11. The fourth-order valence-corrected chi connectivity index (χ4v) is 1.22. The lowest BCUT2D eigenvalue weighted by Gasteiger charge is -2.04. The van der Waals surface area contributed by atoms with Crippen LogP contribution < -0.4 is 4.74 Å². The molecule has 1 aromatic carbocycles. The van der Waals surface area contributed by atoms with E-state index >= 15 is 0 Å². The van der Waals surface area contributed by atoms with Crippen molar-refractivity contribution in [2.75, 3.05) is 0 Å². The first-order valence-corrected chi connectivity index (χ1v) is 4.57. The molecule has 0 fully saturated rings. The zero-order chi connectivity index (χ0) is 9.80. The van der Waals surface area contributed by atoms with E-state index < -0.39 is 0 Å². The quantitative estimate of drug-likeness (QED) is 0.748. The summed E-state index contributed by atoms with van der Waals surface area (Å²) >= 11 is 5.92. The smallest absolute Gasteiger partial charge is 0.219 e. The zero-order valence-electron chi connectivity index (χ0n) is 7.35. The van der Waals surface area contributed by atoms with Crippen molar-refractivity contribution in [3.63, 3.8) is 0 Å². The van der Waals surface area contributed by atoms with Crippen LogP contribution in [0.15, 0.2) is 48.7 Å². The van der Waals surface area contributed by atoms with Gasteiger partial charge in [-0.3, -0.25) is 0 Å². The second kappa shape index (κ2) is 4.11. The summed E-state index contributed by atoms with van der Waals surface area (Å²) in [7, 11) is 0. The molecular formula is C11H8ClNO. The lowest BCUT2D eigenvalue weighted by molar-refractivity contribution is 0.463. The molecule has 0 atom stereocenters. The number of rotatable bonds is 2. The fraction of sp³-hybridized carbons (Fsp3) is 0. The standard InChI is InChI=1S/C11H8ClNO/c12-9-5-1-2-6-10(9)14-11-7-3-4-8-13-11/h1-8H. The third kappa shape index (κ3) is 2.03. The van der Waals surface area contributed by atoms with E-state index in [0.29, 0.717) is 16.7 Å². The fourth-order valence-electron chi connectivity index (χ4n) is 1.05. The van der Waals surface area contributed by atoms with Gasteiger partial charge in [0.15, 0.2) is 0 Å². The van der Waals surface area contributed by atoms with E-state index in [1.165, 1.54) is 0 Å². The van der Waals surface area contributed by atoms with Crippen LogP contribution in [0, 0.1) is 0 Å². The molecule has 2 nitrogen and oxygen atoms in total. The molecule has 3 heteroatoms. The van der Waals surface area contributed by atoms with Crippen LogP contribution in [0.2, 0.25) is 5.02 Å². The Morgan fingerprint density at radius 3 is 2.50 bits per heavy atom. The highest BCUT2D eigenvalue weighted by molar-refractivity contribution is 6.32. The molecule has 0 N–H and O–H groups in total. The molecule has 70 valence electrons. The number of para-hydroxylation sites is 1. The Morgan fingerprint density at radius 2 is 1.79 bits per heavy atom. The molecule has 0 unspecified atom stereocenters. The van der Waals surface area contributed by atoms with Crippen LogP contribution in [0.5, 0.6) is 11.6 Å². The van der Waals surface area contributed by atoms with E-state index in [9.17, 15) is 0 Å². The number of hydrogen-bond acceptors (Lipinski definition) is 2. The van der Waals surface area contributed by atoms with Crippen molar-refractivity contribution in [2.24, 2.45) is 0 Å². The van der Waals surface area contributed by atoms with Crippen molar-refractivity contribution in [1.29, 1.82) is 0 Å². The predicted molar refractivity (Wildman–Crippen MR) is 55.8 cm³/mol. The highest BCUT2D eigenvalue weighted by Crippen LogP contribution is 2.27. The van der Waals surface area contributed by atoms with Crippen LogP contribution in [0.1, 0.15) is 0 Å². The average Bonchev–Trinajstić information content (AvgIpc) is 2.23. The minimum Gasteiger partial charge on any atom is -0.437 e. The first-order chi connectivity index (χ1) is 6.86. The predicted octanol–water partition coefficient (Wildman–Crippen LogP) is 3.53. The molecule has 0 aliphatic carbocycles. The van der Waals surface area contributed by atoms with E-state index in [4.69, 9.17) is 16.3 Å². The van der Waals surface area contributed by atoms with Gasteiger partial charge in [0, 0.05) is 12.3 Å². The number of hydrogen-bond donors (Lipinski definition) is 0. The molecule has 0 saturated carbocycles. The minimum absolute atomic E-state index is 0.542. The van der Waals surface area contributed by atoms with Crippen LogP contribution in [-0.2, 0) is 0 Å². The first-order valence-electron chi connectivity index (χ1n) is 4.20. The van der Waals surface area contributed by atoms with Crippen molar-refractivity contribution in [1.82, 2.24) is 4.98 Å². The molecule has 0 aliphatic rings. The van der Waals surface area contributed by atoms with Gasteiger partial charge in [0.25, 0.3) is 0 Å². The van der Waals surface area contributed by atoms with Crippen LogP contribution in [0.3, 0.4) is 0 Å². The van der Waals surface area contributed by atoms with Gasteiger partial charge in [-0.2, -0.15) is 0 Å².